The van der Waals surface area contributed by atoms with Crippen molar-refractivity contribution in [1.82, 2.24) is 0 Å². The van der Waals surface area contributed by atoms with E-state index in [0.717, 1.165) is 70.6 Å². The van der Waals surface area contributed by atoms with Crippen LogP contribution in [0.1, 0.15) is 174 Å². The molecular weight excluding hydrogens is 591 g/mol. The van der Waals surface area contributed by atoms with Gasteiger partial charge in [-0.3, -0.25) is 14.1 Å². The number of hydrogen-bond acceptors (Lipinski definition) is 6. The highest BCUT2D eigenvalue weighted by molar-refractivity contribution is 7.46. The number of unbranched alkanes of at least 4 members (excludes halogenated alkanes) is 19. The lowest BCUT2D eigenvalue weighted by Crippen LogP contribution is -2.29. The molecule has 0 amide bonds. The van der Waals surface area contributed by atoms with Crippen LogP contribution >= 0.6 is 7.82 Å². The highest BCUT2D eigenvalue weighted by Gasteiger charge is 2.22. The lowest BCUT2D eigenvalue weighted by atomic mass is 10.1. The predicted molar refractivity (Wildman–Crippen MR) is 184 cm³/mol. The van der Waals surface area contributed by atoms with E-state index in [-0.39, 0.29) is 19.4 Å². The van der Waals surface area contributed by atoms with E-state index in [9.17, 15) is 14.2 Å². The van der Waals surface area contributed by atoms with Crippen molar-refractivity contribution < 1.29 is 37.9 Å². The molecule has 264 valence electrons. The van der Waals surface area contributed by atoms with E-state index in [1.165, 1.54) is 64.2 Å². The average Bonchev–Trinajstić information content (AvgIpc) is 3.00. The Morgan fingerprint density at radius 1 is 0.556 bits per heavy atom. The maximum Gasteiger partial charge on any atom is 0.469 e. The molecule has 0 aromatic heterocycles. The standard InChI is InChI=1S/C36H67O8P/c1-3-5-7-9-11-13-15-17-18-19-21-22-24-26-28-30-35(37)42-32-34(33-43-45(39,40)41)44-36(38)31-29-27-25-23-20-16-14-12-10-8-6-4-2/h12,14,17-18,34H,3-11,13,15-16,19-33H2,1-2H3,(H2,39,40,41)/b14-12-,18-17-/t34-/m1/s1. The molecule has 2 N–H and O–H groups in total. The third kappa shape index (κ3) is 35.2. The van der Waals surface area contributed by atoms with Crippen molar-refractivity contribution in [2.75, 3.05) is 13.2 Å². The van der Waals surface area contributed by atoms with Crippen molar-refractivity contribution in [2.24, 2.45) is 0 Å². The molecule has 0 aliphatic heterocycles. The van der Waals surface area contributed by atoms with Crippen LogP contribution in [0.15, 0.2) is 24.3 Å². The zero-order chi connectivity index (χ0) is 33.3. The number of carbonyl (C=O) groups excluding carboxylic acids is 2. The molecule has 0 saturated carbocycles. The molecule has 1 atom stereocenters. The Kier molecular flexibility index (Phi) is 31.4. The van der Waals surface area contributed by atoms with E-state index in [0.29, 0.717) is 12.8 Å². The minimum atomic E-state index is -4.75. The van der Waals surface area contributed by atoms with E-state index in [2.05, 4.69) is 42.7 Å². The number of carbonyl (C=O) groups is 2. The molecule has 0 aliphatic rings. The molecule has 0 saturated heterocycles. The van der Waals surface area contributed by atoms with Crippen LogP contribution in [-0.2, 0) is 28.2 Å². The summed E-state index contributed by atoms with van der Waals surface area (Å²) in [5.74, 6) is -0.904. The quantitative estimate of drug-likeness (QED) is 0.0309. The van der Waals surface area contributed by atoms with Gasteiger partial charge in [-0.2, -0.15) is 0 Å². The molecule has 0 aliphatic carbocycles. The first-order chi connectivity index (χ1) is 21.8. The van der Waals surface area contributed by atoms with Gasteiger partial charge in [0.1, 0.15) is 6.61 Å². The summed E-state index contributed by atoms with van der Waals surface area (Å²) in [4.78, 5) is 42.6. The number of ether oxygens (including phenoxy) is 2. The molecule has 0 heterocycles. The maximum atomic E-state index is 12.3. The first-order valence-electron chi connectivity index (χ1n) is 18.1. The molecule has 8 nitrogen and oxygen atoms in total. The summed E-state index contributed by atoms with van der Waals surface area (Å²) < 4.78 is 26.2. The number of rotatable bonds is 33. The summed E-state index contributed by atoms with van der Waals surface area (Å²) in [6, 6.07) is 0. The van der Waals surface area contributed by atoms with E-state index in [1.807, 2.05) is 0 Å². The van der Waals surface area contributed by atoms with Crippen LogP contribution in [0, 0.1) is 0 Å². The van der Waals surface area contributed by atoms with Gasteiger partial charge in [0.05, 0.1) is 6.61 Å². The van der Waals surface area contributed by atoms with Gasteiger partial charge < -0.3 is 19.3 Å². The Labute approximate surface area is 275 Å². The number of phosphoric acid groups is 1. The highest BCUT2D eigenvalue weighted by Crippen LogP contribution is 2.36. The zero-order valence-corrected chi connectivity index (χ0v) is 29.7. The minimum Gasteiger partial charge on any atom is -0.462 e. The number of hydrogen-bond donors (Lipinski definition) is 2. The van der Waals surface area contributed by atoms with Gasteiger partial charge in [0.25, 0.3) is 0 Å². The summed E-state index contributed by atoms with van der Waals surface area (Å²) in [6.45, 7) is 3.62. The molecule has 0 unspecified atom stereocenters. The number of phosphoric ester groups is 1. The van der Waals surface area contributed by atoms with Crippen molar-refractivity contribution in [3.05, 3.63) is 24.3 Å². The van der Waals surface area contributed by atoms with Crippen LogP contribution in [-0.4, -0.2) is 41.0 Å². The van der Waals surface area contributed by atoms with Crippen molar-refractivity contribution in [3.63, 3.8) is 0 Å². The van der Waals surface area contributed by atoms with Gasteiger partial charge in [-0.25, -0.2) is 4.57 Å². The molecule has 0 aromatic rings. The van der Waals surface area contributed by atoms with Crippen LogP contribution in [0.4, 0.5) is 0 Å². The monoisotopic (exact) mass is 658 g/mol. The minimum absolute atomic E-state index is 0.201. The van der Waals surface area contributed by atoms with Crippen molar-refractivity contribution in [1.29, 1.82) is 0 Å². The second-order valence-corrected chi connectivity index (χ2v) is 13.4. The Morgan fingerprint density at radius 2 is 0.933 bits per heavy atom. The largest absolute Gasteiger partial charge is 0.469 e. The third-order valence-electron chi connectivity index (χ3n) is 7.69. The summed E-state index contributed by atoms with van der Waals surface area (Å²) >= 11 is 0. The Hall–Kier alpha value is -1.47. The molecule has 0 aromatic carbocycles. The molecule has 45 heavy (non-hydrogen) atoms. The fourth-order valence-electron chi connectivity index (χ4n) is 4.95. The SMILES string of the molecule is CCCCC/C=C\CCCCCCCC(=O)O[C@H](COC(=O)CCCCCCC/C=C\CCCCCCCC)COP(=O)(O)O. The van der Waals surface area contributed by atoms with E-state index in [4.69, 9.17) is 19.3 Å². The van der Waals surface area contributed by atoms with Crippen LogP contribution in [0.25, 0.3) is 0 Å². The van der Waals surface area contributed by atoms with Gasteiger partial charge in [0.15, 0.2) is 6.10 Å². The van der Waals surface area contributed by atoms with Crippen LogP contribution in [0.2, 0.25) is 0 Å². The summed E-state index contributed by atoms with van der Waals surface area (Å²) in [5.41, 5.74) is 0. The Bertz CT molecular complexity index is 792. The topological polar surface area (TPSA) is 119 Å². The molecule has 0 spiro atoms. The Morgan fingerprint density at radius 3 is 1.40 bits per heavy atom. The van der Waals surface area contributed by atoms with Gasteiger partial charge >= 0.3 is 19.8 Å². The highest BCUT2D eigenvalue weighted by atomic mass is 31.2. The van der Waals surface area contributed by atoms with Crippen molar-refractivity contribution >= 4 is 19.8 Å². The number of esters is 2. The second-order valence-electron chi connectivity index (χ2n) is 12.2. The van der Waals surface area contributed by atoms with Crippen LogP contribution in [0.3, 0.4) is 0 Å². The molecular formula is C36H67O8P. The van der Waals surface area contributed by atoms with E-state index in [1.54, 1.807) is 0 Å². The predicted octanol–water partition coefficient (Wildman–Crippen LogP) is 10.5. The zero-order valence-electron chi connectivity index (χ0n) is 28.8. The Balaban J connectivity index is 4.00. The molecule has 0 bridgehead atoms. The summed E-state index contributed by atoms with van der Waals surface area (Å²) in [7, 11) is -4.75. The molecule has 0 radical (unpaired) electrons. The van der Waals surface area contributed by atoms with Crippen LogP contribution < -0.4 is 0 Å². The van der Waals surface area contributed by atoms with Crippen molar-refractivity contribution in [2.45, 2.75) is 180 Å². The maximum absolute atomic E-state index is 12.3. The number of allylic oxidation sites excluding steroid dienone is 4. The molecule has 0 fully saturated rings. The van der Waals surface area contributed by atoms with E-state index < -0.39 is 32.5 Å². The average molecular weight is 659 g/mol. The van der Waals surface area contributed by atoms with Crippen LogP contribution in [0.5, 0.6) is 0 Å². The fraction of sp³-hybridized carbons (Fsp3) is 0.833. The summed E-state index contributed by atoms with van der Waals surface area (Å²) in [5, 5.41) is 0. The second kappa shape index (κ2) is 32.5. The first-order valence-corrected chi connectivity index (χ1v) is 19.7. The summed E-state index contributed by atoms with van der Waals surface area (Å²) in [6.07, 6.45) is 34.7. The molecule has 9 heteroatoms. The lowest BCUT2D eigenvalue weighted by molar-refractivity contribution is -0.161. The lowest BCUT2D eigenvalue weighted by Gasteiger charge is -2.18. The van der Waals surface area contributed by atoms with E-state index >= 15 is 0 Å². The third-order valence-corrected chi connectivity index (χ3v) is 8.18. The first kappa shape index (κ1) is 43.5. The smallest absolute Gasteiger partial charge is 0.462 e. The fourth-order valence-corrected chi connectivity index (χ4v) is 5.31. The normalized spacial score (nSPS) is 12.7. The van der Waals surface area contributed by atoms with Gasteiger partial charge in [0.2, 0.25) is 0 Å². The van der Waals surface area contributed by atoms with Gasteiger partial charge in [-0.15, -0.1) is 0 Å². The molecule has 0 rings (SSSR count). The van der Waals surface area contributed by atoms with Crippen molar-refractivity contribution in [3.8, 4) is 0 Å². The van der Waals surface area contributed by atoms with Gasteiger partial charge in [-0.05, 0) is 64.2 Å². The van der Waals surface area contributed by atoms with Gasteiger partial charge in [-0.1, -0.05) is 122 Å². The van der Waals surface area contributed by atoms with Gasteiger partial charge in [0, 0.05) is 12.8 Å².